The van der Waals surface area contributed by atoms with Gasteiger partial charge in [0.15, 0.2) is 0 Å². The second-order valence-electron chi connectivity index (χ2n) is 5.94. The van der Waals surface area contributed by atoms with Gasteiger partial charge in [-0.25, -0.2) is 13.1 Å². The number of nitrogens with one attached hydrogen (secondary N) is 1. The zero-order valence-corrected chi connectivity index (χ0v) is 15.3. The molecule has 25 heavy (non-hydrogen) atoms. The van der Waals surface area contributed by atoms with Crippen LogP contribution in [0.4, 0.5) is 0 Å². The summed E-state index contributed by atoms with van der Waals surface area (Å²) in [6, 6.07) is 13.6. The highest BCUT2D eigenvalue weighted by atomic mass is 35.5. The number of sulfonamides is 1. The van der Waals surface area contributed by atoms with Crippen molar-refractivity contribution >= 4 is 27.5 Å². The van der Waals surface area contributed by atoms with Crippen molar-refractivity contribution < 1.29 is 13.2 Å². The monoisotopic (exact) mass is 378 g/mol. The Morgan fingerprint density at radius 3 is 2.60 bits per heavy atom. The molecule has 132 valence electrons. The highest BCUT2D eigenvalue weighted by Gasteiger charge is 2.31. The highest BCUT2D eigenvalue weighted by Crippen LogP contribution is 2.33. The van der Waals surface area contributed by atoms with Crippen LogP contribution in [-0.4, -0.2) is 32.8 Å². The number of carbonyl (C=O) groups is 1. The average Bonchev–Trinajstić information content (AvgIpc) is 3.11. The summed E-state index contributed by atoms with van der Waals surface area (Å²) in [5.41, 5.74) is 1.41. The lowest BCUT2D eigenvalue weighted by Crippen LogP contribution is -2.30. The van der Waals surface area contributed by atoms with Gasteiger partial charge in [0.05, 0.1) is 10.9 Å². The standard InChI is InChI=1S/C18H19ClN2O3S/c1-20-25(23,24)16-5-2-4-14(12-16)18(22)21-11-3-6-17(21)13-7-9-15(19)10-8-13/h2,4-5,7-10,12,17,20H,3,6,11H2,1H3. The van der Waals surface area contributed by atoms with Crippen LogP contribution < -0.4 is 4.72 Å². The van der Waals surface area contributed by atoms with E-state index in [-0.39, 0.29) is 16.8 Å². The van der Waals surface area contributed by atoms with Gasteiger partial charge in [-0.1, -0.05) is 29.8 Å². The smallest absolute Gasteiger partial charge is 0.254 e. The third-order valence-electron chi connectivity index (χ3n) is 4.43. The summed E-state index contributed by atoms with van der Waals surface area (Å²) in [6.45, 7) is 0.648. The summed E-state index contributed by atoms with van der Waals surface area (Å²) in [6.07, 6.45) is 1.79. The van der Waals surface area contributed by atoms with Gasteiger partial charge in [0.1, 0.15) is 0 Å². The quantitative estimate of drug-likeness (QED) is 0.888. The van der Waals surface area contributed by atoms with Crippen molar-refractivity contribution in [2.24, 2.45) is 0 Å². The highest BCUT2D eigenvalue weighted by molar-refractivity contribution is 7.89. The van der Waals surface area contributed by atoms with E-state index in [1.165, 1.54) is 19.2 Å². The maximum Gasteiger partial charge on any atom is 0.254 e. The molecule has 1 saturated heterocycles. The van der Waals surface area contributed by atoms with Crippen LogP contribution in [0.5, 0.6) is 0 Å². The van der Waals surface area contributed by atoms with Gasteiger partial charge >= 0.3 is 0 Å². The van der Waals surface area contributed by atoms with E-state index in [4.69, 9.17) is 11.6 Å². The number of benzene rings is 2. The Bertz CT molecular complexity index is 881. The Balaban J connectivity index is 1.89. The first-order valence-electron chi connectivity index (χ1n) is 8.02. The second-order valence-corrected chi connectivity index (χ2v) is 8.27. The molecule has 0 aromatic heterocycles. The molecular formula is C18H19ClN2O3S. The zero-order chi connectivity index (χ0) is 18.0. The molecule has 0 aliphatic carbocycles. The van der Waals surface area contributed by atoms with Crippen molar-refractivity contribution in [2.75, 3.05) is 13.6 Å². The molecular weight excluding hydrogens is 360 g/mol. The van der Waals surface area contributed by atoms with Crippen molar-refractivity contribution in [2.45, 2.75) is 23.8 Å². The molecule has 0 radical (unpaired) electrons. The van der Waals surface area contributed by atoms with E-state index in [9.17, 15) is 13.2 Å². The van der Waals surface area contributed by atoms with Crippen molar-refractivity contribution in [1.82, 2.24) is 9.62 Å². The number of hydrogen-bond acceptors (Lipinski definition) is 3. The average molecular weight is 379 g/mol. The molecule has 0 saturated carbocycles. The van der Waals surface area contributed by atoms with Crippen LogP contribution in [0.2, 0.25) is 5.02 Å². The third kappa shape index (κ3) is 3.71. The fourth-order valence-electron chi connectivity index (χ4n) is 3.12. The lowest BCUT2D eigenvalue weighted by Gasteiger charge is -2.25. The maximum absolute atomic E-state index is 12.9. The fraction of sp³-hybridized carbons (Fsp3) is 0.278. The summed E-state index contributed by atoms with van der Waals surface area (Å²) in [4.78, 5) is 14.8. The molecule has 3 rings (SSSR count). The number of likely N-dealkylation sites (tertiary alicyclic amines) is 1. The summed E-state index contributed by atoms with van der Waals surface area (Å²) in [7, 11) is -2.24. The first-order valence-corrected chi connectivity index (χ1v) is 9.88. The molecule has 1 fully saturated rings. The van der Waals surface area contributed by atoms with E-state index in [1.54, 1.807) is 17.0 Å². The minimum atomic E-state index is -3.58. The van der Waals surface area contributed by atoms with Crippen molar-refractivity contribution in [3.63, 3.8) is 0 Å². The third-order valence-corrected chi connectivity index (χ3v) is 6.09. The molecule has 2 aromatic rings. The molecule has 1 atom stereocenters. The largest absolute Gasteiger partial charge is 0.332 e. The number of amides is 1. The van der Waals surface area contributed by atoms with E-state index in [2.05, 4.69) is 4.72 Å². The number of nitrogens with zero attached hydrogens (tertiary/aromatic N) is 1. The Morgan fingerprint density at radius 2 is 1.92 bits per heavy atom. The summed E-state index contributed by atoms with van der Waals surface area (Å²) in [5.74, 6) is -0.161. The van der Waals surface area contributed by atoms with Gasteiger partial charge in [-0.3, -0.25) is 4.79 Å². The Morgan fingerprint density at radius 1 is 1.20 bits per heavy atom. The minimum Gasteiger partial charge on any atom is -0.332 e. The van der Waals surface area contributed by atoms with E-state index in [0.29, 0.717) is 17.1 Å². The van der Waals surface area contributed by atoms with Crippen LogP contribution in [0.1, 0.15) is 34.8 Å². The normalized spacial score (nSPS) is 17.7. The van der Waals surface area contributed by atoms with Crippen LogP contribution in [-0.2, 0) is 10.0 Å². The van der Waals surface area contributed by atoms with Gasteiger partial charge in [-0.15, -0.1) is 0 Å². The summed E-state index contributed by atoms with van der Waals surface area (Å²) in [5, 5.41) is 0.657. The Labute approximate surface area is 152 Å². The number of carbonyl (C=O) groups excluding carboxylic acids is 1. The minimum absolute atomic E-state index is 0.0191. The molecule has 1 unspecified atom stereocenters. The van der Waals surface area contributed by atoms with Crippen LogP contribution in [0.15, 0.2) is 53.4 Å². The molecule has 2 aromatic carbocycles. The molecule has 1 heterocycles. The van der Waals surface area contributed by atoms with Gasteiger partial charge in [0, 0.05) is 17.1 Å². The molecule has 5 nitrogen and oxygen atoms in total. The molecule has 1 amide bonds. The first kappa shape index (κ1) is 17.9. The fourth-order valence-corrected chi connectivity index (χ4v) is 4.02. The maximum atomic E-state index is 12.9. The predicted molar refractivity (Wildman–Crippen MR) is 97.2 cm³/mol. The summed E-state index contributed by atoms with van der Waals surface area (Å²) < 4.78 is 26.2. The van der Waals surface area contributed by atoms with Gasteiger partial charge < -0.3 is 4.90 Å². The van der Waals surface area contributed by atoms with E-state index >= 15 is 0 Å². The molecule has 0 bridgehead atoms. The molecule has 7 heteroatoms. The van der Waals surface area contributed by atoms with E-state index in [0.717, 1.165) is 18.4 Å². The Kier molecular flexibility index (Phi) is 5.13. The Hall–Kier alpha value is -1.89. The first-order chi connectivity index (χ1) is 11.9. The molecule has 0 spiro atoms. The summed E-state index contributed by atoms with van der Waals surface area (Å²) >= 11 is 5.94. The van der Waals surface area contributed by atoms with E-state index in [1.807, 2.05) is 24.3 Å². The van der Waals surface area contributed by atoms with Gasteiger partial charge in [-0.2, -0.15) is 0 Å². The van der Waals surface area contributed by atoms with Crippen LogP contribution in [0, 0.1) is 0 Å². The van der Waals surface area contributed by atoms with Crippen molar-refractivity contribution in [3.05, 3.63) is 64.7 Å². The second kappa shape index (κ2) is 7.15. The SMILES string of the molecule is CNS(=O)(=O)c1cccc(C(=O)N2CCCC2c2ccc(Cl)cc2)c1. The zero-order valence-electron chi connectivity index (χ0n) is 13.8. The number of hydrogen-bond donors (Lipinski definition) is 1. The lowest BCUT2D eigenvalue weighted by atomic mass is 10.0. The molecule has 1 N–H and O–H groups in total. The van der Waals surface area contributed by atoms with E-state index < -0.39 is 10.0 Å². The predicted octanol–water partition coefficient (Wildman–Crippen LogP) is 3.23. The molecule has 1 aliphatic heterocycles. The van der Waals surface area contributed by atoms with Gasteiger partial charge in [0.2, 0.25) is 10.0 Å². The van der Waals surface area contributed by atoms with Gasteiger partial charge in [-0.05, 0) is 55.8 Å². The van der Waals surface area contributed by atoms with Crippen molar-refractivity contribution in [3.8, 4) is 0 Å². The number of halogens is 1. The molecule has 1 aliphatic rings. The van der Waals surface area contributed by atoms with Crippen LogP contribution in [0.25, 0.3) is 0 Å². The van der Waals surface area contributed by atoms with Crippen LogP contribution >= 0.6 is 11.6 Å². The van der Waals surface area contributed by atoms with Gasteiger partial charge in [0.25, 0.3) is 5.91 Å². The van der Waals surface area contributed by atoms with Crippen molar-refractivity contribution in [1.29, 1.82) is 0 Å². The lowest BCUT2D eigenvalue weighted by molar-refractivity contribution is 0.0735. The number of rotatable bonds is 4. The topological polar surface area (TPSA) is 66.5 Å². The van der Waals surface area contributed by atoms with Crippen LogP contribution in [0.3, 0.4) is 0 Å².